The predicted molar refractivity (Wildman–Crippen MR) is 95.2 cm³/mol. The zero-order valence-corrected chi connectivity index (χ0v) is 14.9. The van der Waals surface area contributed by atoms with Crippen molar-refractivity contribution in [3.8, 4) is 0 Å². The summed E-state index contributed by atoms with van der Waals surface area (Å²) in [6, 6.07) is 7.97. The van der Waals surface area contributed by atoms with E-state index in [1.165, 1.54) is 18.4 Å². The number of nitrogens with zero attached hydrogens (tertiary/aromatic N) is 2. The molecule has 1 N–H and O–H groups in total. The van der Waals surface area contributed by atoms with Gasteiger partial charge in [-0.25, -0.2) is 4.39 Å². The minimum atomic E-state index is -0.153. The maximum absolute atomic E-state index is 13.3. The topological polar surface area (TPSA) is 18.5 Å². The van der Waals surface area contributed by atoms with E-state index in [4.69, 9.17) is 0 Å². The summed E-state index contributed by atoms with van der Waals surface area (Å²) in [6.07, 6.45) is 2.35. The third kappa shape index (κ3) is 5.55. The van der Waals surface area contributed by atoms with Crippen molar-refractivity contribution in [1.29, 1.82) is 0 Å². The predicted octanol–water partition coefficient (Wildman–Crippen LogP) is 3.28. The number of halogens is 1. The Kier molecular flexibility index (Phi) is 7.47. The molecule has 1 aromatic carbocycles. The van der Waals surface area contributed by atoms with E-state index in [0.717, 1.165) is 39.3 Å². The lowest BCUT2D eigenvalue weighted by molar-refractivity contribution is 0.108. The molecule has 2 unspecified atom stereocenters. The van der Waals surface area contributed by atoms with Gasteiger partial charge in [-0.3, -0.25) is 4.90 Å². The first-order valence-electron chi connectivity index (χ1n) is 9.09. The summed E-state index contributed by atoms with van der Waals surface area (Å²) in [5, 5.41) is 3.52. The molecule has 130 valence electrons. The molecule has 4 heteroatoms. The van der Waals surface area contributed by atoms with Gasteiger partial charge in [-0.2, -0.15) is 0 Å². The summed E-state index contributed by atoms with van der Waals surface area (Å²) in [6.45, 7) is 13.1. The largest absolute Gasteiger partial charge is 0.312 e. The summed E-state index contributed by atoms with van der Waals surface area (Å²) in [4.78, 5) is 5.12. The van der Waals surface area contributed by atoms with Gasteiger partial charge in [-0.1, -0.05) is 26.0 Å². The fourth-order valence-corrected chi connectivity index (χ4v) is 3.53. The van der Waals surface area contributed by atoms with Crippen LogP contribution in [0, 0.1) is 5.82 Å². The van der Waals surface area contributed by atoms with Crippen LogP contribution in [0.15, 0.2) is 24.3 Å². The van der Waals surface area contributed by atoms with E-state index in [2.05, 4.69) is 35.9 Å². The van der Waals surface area contributed by atoms with Crippen LogP contribution in [0.25, 0.3) is 0 Å². The van der Waals surface area contributed by atoms with Crippen molar-refractivity contribution in [3.05, 3.63) is 35.6 Å². The second-order valence-corrected chi connectivity index (χ2v) is 6.72. The van der Waals surface area contributed by atoms with Crippen molar-refractivity contribution < 1.29 is 4.39 Å². The first-order chi connectivity index (χ1) is 11.1. The Hall–Kier alpha value is -0.970. The first-order valence-corrected chi connectivity index (χ1v) is 9.09. The minimum absolute atomic E-state index is 0.153. The van der Waals surface area contributed by atoms with Gasteiger partial charge >= 0.3 is 0 Å². The smallest absolute Gasteiger partial charge is 0.123 e. The molecule has 1 aliphatic heterocycles. The molecule has 0 aromatic heterocycles. The normalized spacial score (nSPS) is 20.8. The van der Waals surface area contributed by atoms with Crippen LogP contribution in [0.3, 0.4) is 0 Å². The zero-order valence-electron chi connectivity index (χ0n) is 14.9. The summed E-state index contributed by atoms with van der Waals surface area (Å²) in [7, 11) is 0. The molecule has 0 bridgehead atoms. The van der Waals surface area contributed by atoms with Crippen molar-refractivity contribution in [2.24, 2.45) is 0 Å². The molecular weight excluding hydrogens is 289 g/mol. The van der Waals surface area contributed by atoms with E-state index < -0.39 is 0 Å². The Bertz CT molecular complexity index is 442. The number of nitrogens with one attached hydrogen (secondary N) is 1. The lowest BCUT2D eigenvalue weighted by atomic mass is 10.0. The number of benzene rings is 1. The highest BCUT2D eigenvalue weighted by Crippen LogP contribution is 2.24. The van der Waals surface area contributed by atoms with Gasteiger partial charge in [0, 0.05) is 38.3 Å². The molecule has 3 nitrogen and oxygen atoms in total. The van der Waals surface area contributed by atoms with Gasteiger partial charge in [0.25, 0.3) is 0 Å². The number of hydrogen-bond acceptors (Lipinski definition) is 3. The molecule has 0 spiro atoms. The van der Waals surface area contributed by atoms with Gasteiger partial charge in [0.05, 0.1) is 0 Å². The van der Waals surface area contributed by atoms with E-state index in [1.54, 1.807) is 12.1 Å². The van der Waals surface area contributed by atoms with E-state index in [1.807, 2.05) is 12.1 Å². The van der Waals surface area contributed by atoms with Gasteiger partial charge in [-0.15, -0.1) is 0 Å². The highest BCUT2D eigenvalue weighted by molar-refractivity contribution is 5.21. The van der Waals surface area contributed by atoms with Crippen LogP contribution in [0.1, 0.15) is 45.2 Å². The molecule has 23 heavy (non-hydrogen) atoms. The fourth-order valence-electron chi connectivity index (χ4n) is 3.53. The lowest BCUT2D eigenvalue weighted by Gasteiger charge is -2.40. The van der Waals surface area contributed by atoms with Crippen LogP contribution >= 0.6 is 0 Å². The number of rotatable bonds is 8. The first kappa shape index (κ1) is 18.4. The molecule has 2 rings (SSSR count). The van der Waals surface area contributed by atoms with E-state index in [9.17, 15) is 4.39 Å². The second-order valence-electron chi connectivity index (χ2n) is 6.72. The van der Waals surface area contributed by atoms with E-state index in [-0.39, 0.29) is 5.82 Å². The van der Waals surface area contributed by atoms with Crippen molar-refractivity contribution in [2.75, 3.05) is 39.3 Å². The van der Waals surface area contributed by atoms with Crippen LogP contribution < -0.4 is 5.32 Å². The van der Waals surface area contributed by atoms with E-state index in [0.29, 0.717) is 12.1 Å². The van der Waals surface area contributed by atoms with Crippen LogP contribution in [0.4, 0.5) is 4.39 Å². The monoisotopic (exact) mass is 321 g/mol. The van der Waals surface area contributed by atoms with Crippen LogP contribution in [-0.4, -0.2) is 55.1 Å². The van der Waals surface area contributed by atoms with Crippen LogP contribution in [-0.2, 0) is 0 Å². The third-order valence-corrected chi connectivity index (χ3v) is 4.61. The molecule has 0 aliphatic carbocycles. The molecule has 0 saturated carbocycles. The van der Waals surface area contributed by atoms with Crippen molar-refractivity contribution in [3.63, 3.8) is 0 Å². The van der Waals surface area contributed by atoms with E-state index >= 15 is 0 Å². The maximum Gasteiger partial charge on any atom is 0.123 e. The minimum Gasteiger partial charge on any atom is -0.312 e. The molecule has 1 aliphatic rings. The highest BCUT2D eigenvalue weighted by Gasteiger charge is 2.26. The molecule has 1 aromatic rings. The number of piperazine rings is 1. The van der Waals surface area contributed by atoms with Crippen molar-refractivity contribution in [1.82, 2.24) is 15.1 Å². The Labute approximate surface area is 140 Å². The molecule has 1 fully saturated rings. The zero-order chi connectivity index (χ0) is 16.7. The molecule has 1 heterocycles. The van der Waals surface area contributed by atoms with Crippen molar-refractivity contribution in [2.45, 2.75) is 45.7 Å². The standard InChI is InChI=1S/C19H32FN3/c1-4-11-22(12-5-2)15-19(17-6-8-18(20)9-7-17)23-13-10-21-16(3)14-23/h6-9,16,19,21H,4-5,10-15H2,1-3H3. The Balaban J connectivity index is 2.17. The van der Waals surface area contributed by atoms with Gasteiger partial charge in [0.1, 0.15) is 5.82 Å². The third-order valence-electron chi connectivity index (χ3n) is 4.61. The average Bonchev–Trinajstić information content (AvgIpc) is 2.54. The quantitative estimate of drug-likeness (QED) is 0.793. The molecule has 0 radical (unpaired) electrons. The van der Waals surface area contributed by atoms with Gasteiger partial charge in [0.2, 0.25) is 0 Å². The molecule has 0 amide bonds. The Morgan fingerprint density at radius 2 is 1.87 bits per heavy atom. The molecule has 2 atom stereocenters. The lowest BCUT2D eigenvalue weighted by Crippen LogP contribution is -2.52. The SMILES string of the molecule is CCCN(CCC)CC(c1ccc(F)cc1)N1CCNC(C)C1. The summed E-state index contributed by atoms with van der Waals surface area (Å²) >= 11 is 0. The van der Waals surface area contributed by atoms with Crippen LogP contribution in [0.5, 0.6) is 0 Å². The van der Waals surface area contributed by atoms with Gasteiger partial charge in [0.15, 0.2) is 0 Å². The Morgan fingerprint density at radius 1 is 1.22 bits per heavy atom. The fraction of sp³-hybridized carbons (Fsp3) is 0.684. The molecular formula is C19H32FN3. The molecule has 1 saturated heterocycles. The maximum atomic E-state index is 13.3. The Morgan fingerprint density at radius 3 is 2.43 bits per heavy atom. The van der Waals surface area contributed by atoms with Crippen LogP contribution in [0.2, 0.25) is 0 Å². The second kappa shape index (κ2) is 9.36. The highest BCUT2D eigenvalue weighted by atomic mass is 19.1. The van der Waals surface area contributed by atoms with Gasteiger partial charge < -0.3 is 10.2 Å². The van der Waals surface area contributed by atoms with Crippen molar-refractivity contribution >= 4 is 0 Å². The summed E-state index contributed by atoms with van der Waals surface area (Å²) in [5.74, 6) is -0.153. The summed E-state index contributed by atoms with van der Waals surface area (Å²) < 4.78 is 13.3. The average molecular weight is 321 g/mol. The summed E-state index contributed by atoms with van der Waals surface area (Å²) in [5.41, 5.74) is 1.23. The van der Waals surface area contributed by atoms with Gasteiger partial charge in [-0.05, 0) is 50.6 Å². The number of hydrogen-bond donors (Lipinski definition) is 1.